The number of hydrogen-bond donors (Lipinski definition) is 0. The van der Waals surface area contributed by atoms with Crippen LogP contribution >= 0.6 is 11.6 Å². The number of rotatable bonds is 5. The molecule has 1 aromatic rings. The molecule has 0 radical (unpaired) electrons. The second-order valence-corrected chi connectivity index (χ2v) is 4.26. The molecule has 0 saturated carbocycles. The van der Waals surface area contributed by atoms with Gasteiger partial charge in [0.15, 0.2) is 5.92 Å². The topological polar surface area (TPSA) is 139 Å². The Morgan fingerprint density at radius 1 is 1.09 bits per heavy atom. The molecule has 0 aliphatic carbocycles. The lowest BCUT2D eigenvalue weighted by molar-refractivity contribution is -0.394. The van der Waals surface area contributed by atoms with Crippen molar-refractivity contribution in [2.24, 2.45) is 0 Å². The van der Waals surface area contributed by atoms with Crippen molar-refractivity contribution in [1.82, 2.24) is 0 Å². The number of halogens is 1. The molecule has 0 atom stereocenters. The molecule has 0 spiro atoms. The third-order valence-corrected chi connectivity index (χ3v) is 2.98. The largest absolute Gasteiger partial charge is 0.468 e. The summed E-state index contributed by atoms with van der Waals surface area (Å²) >= 11 is 5.80. The second-order valence-electron chi connectivity index (χ2n) is 3.85. The highest BCUT2D eigenvalue weighted by Gasteiger charge is 2.39. The number of carbonyl (C=O) groups is 2. The van der Waals surface area contributed by atoms with E-state index in [2.05, 4.69) is 9.47 Å². The minimum absolute atomic E-state index is 0.498. The van der Waals surface area contributed by atoms with E-state index in [4.69, 9.17) is 11.6 Å². The molecular formula is C11H9ClN2O8. The molecule has 0 saturated heterocycles. The van der Waals surface area contributed by atoms with Gasteiger partial charge in [-0.3, -0.25) is 29.8 Å². The number of methoxy groups -OCH3 is 2. The zero-order valence-corrected chi connectivity index (χ0v) is 12.0. The van der Waals surface area contributed by atoms with Crippen molar-refractivity contribution in [1.29, 1.82) is 0 Å². The van der Waals surface area contributed by atoms with Crippen molar-refractivity contribution in [3.8, 4) is 0 Å². The quantitative estimate of drug-likeness (QED) is 0.342. The summed E-state index contributed by atoms with van der Waals surface area (Å²) in [6.45, 7) is 0. The van der Waals surface area contributed by atoms with Crippen LogP contribution in [0, 0.1) is 20.2 Å². The first-order valence-electron chi connectivity index (χ1n) is 5.52. The van der Waals surface area contributed by atoms with E-state index in [1.54, 1.807) is 0 Å². The predicted molar refractivity (Wildman–Crippen MR) is 71.5 cm³/mol. The Bertz CT molecular complexity index is 644. The lowest BCUT2D eigenvalue weighted by atomic mass is 9.96. The number of hydrogen-bond acceptors (Lipinski definition) is 8. The molecule has 0 bridgehead atoms. The van der Waals surface area contributed by atoms with Crippen LogP contribution in [0.1, 0.15) is 11.5 Å². The fourth-order valence-electron chi connectivity index (χ4n) is 1.70. The van der Waals surface area contributed by atoms with E-state index in [-0.39, 0.29) is 0 Å². The van der Waals surface area contributed by atoms with E-state index in [1.807, 2.05) is 0 Å². The molecule has 22 heavy (non-hydrogen) atoms. The molecule has 0 aromatic heterocycles. The molecule has 0 aliphatic heterocycles. The van der Waals surface area contributed by atoms with Gasteiger partial charge in [0, 0.05) is 6.07 Å². The Kier molecular flexibility index (Phi) is 5.35. The summed E-state index contributed by atoms with van der Waals surface area (Å²) in [7, 11) is 1.92. The maximum atomic E-state index is 11.7. The fraction of sp³-hybridized carbons (Fsp3) is 0.273. The predicted octanol–water partition coefficient (Wildman–Crippen LogP) is 1.59. The number of esters is 2. The Morgan fingerprint density at radius 2 is 1.59 bits per heavy atom. The lowest BCUT2D eigenvalue weighted by Crippen LogP contribution is -2.25. The molecule has 1 rings (SSSR count). The molecule has 11 heteroatoms. The van der Waals surface area contributed by atoms with Crippen molar-refractivity contribution < 1.29 is 28.9 Å². The van der Waals surface area contributed by atoms with Crippen molar-refractivity contribution >= 4 is 34.9 Å². The first kappa shape index (κ1) is 17.3. The Hall–Kier alpha value is -2.75. The van der Waals surface area contributed by atoms with Gasteiger partial charge in [-0.05, 0) is 0 Å². The van der Waals surface area contributed by atoms with E-state index < -0.39 is 49.7 Å². The van der Waals surface area contributed by atoms with Crippen LogP contribution in [0.4, 0.5) is 11.4 Å². The third kappa shape index (κ3) is 3.28. The number of carbonyl (C=O) groups excluding carboxylic acids is 2. The Balaban J connectivity index is 3.68. The van der Waals surface area contributed by atoms with Crippen LogP contribution in [-0.4, -0.2) is 36.0 Å². The van der Waals surface area contributed by atoms with Gasteiger partial charge in [-0.2, -0.15) is 0 Å². The number of nitro groups is 2. The number of nitrogens with zero attached hydrogens (tertiary/aromatic N) is 2. The molecule has 0 heterocycles. The number of non-ortho nitro benzene ring substituents is 1. The van der Waals surface area contributed by atoms with Gasteiger partial charge in [0.05, 0.1) is 40.7 Å². The van der Waals surface area contributed by atoms with Gasteiger partial charge in [-0.25, -0.2) is 0 Å². The van der Waals surface area contributed by atoms with E-state index >= 15 is 0 Å². The summed E-state index contributed by atoms with van der Waals surface area (Å²) < 4.78 is 8.80. The highest BCUT2D eigenvalue weighted by atomic mass is 35.5. The summed E-state index contributed by atoms with van der Waals surface area (Å²) in [4.78, 5) is 43.4. The molecule has 0 aliphatic rings. The van der Waals surface area contributed by atoms with Crippen molar-refractivity contribution in [2.45, 2.75) is 5.92 Å². The fourth-order valence-corrected chi connectivity index (χ4v) is 2.02. The van der Waals surface area contributed by atoms with Crippen LogP contribution in [-0.2, 0) is 19.1 Å². The average molecular weight is 333 g/mol. The molecule has 118 valence electrons. The molecule has 0 amide bonds. The highest BCUT2D eigenvalue weighted by Crippen LogP contribution is 2.38. The minimum atomic E-state index is -1.83. The van der Waals surface area contributed by atoms with Crippen LogP contribution in [0.5, 0.6) is 0 Å². The molecule has 0 fully saturated rings. The molecule has 10 nitrogen and oxygen atoms in total. The smallest absolute Gasteiger partial charge is 0.324 e. The van der Waals surface area contributed by atoms with E-state index in [1.165, 1.54) is 0 Å². The average Bonchev–Trinajstić information content (AvgIpc) is 2.47. The van der Waals surface area contributed by atoms with Crippen molar-refractivity contribution in [3.05, 3.63) is 42.9 Å². The standard InChI is InChI=1S/C11H9ClN2O8/c1-21-10(15)9(11(16)22-2)8-6(12)3-5(13(17)18)4-7(8)14(19)20/h3-4,9H,1-2H3. The maximum absolute atomic E-state index is 11.7. The number of nitro benzene ring substituents is 2. The van der Waals surface area contributed by atoms with Gasteiger partial charge in [0.2, 0.25) is 0 Å². The third-order valence-electron chi connectivity index (χ3n) is 2.66. The Labute approximate surface area is 127 Å². The molecular weight excluding hydrogens is 324 g/mol. The van der Waals surface area contributed by atoms with Gasteiger partial charge in [-0.15, -0.1) is 0 Å². The van der Waals surface area contributed by atoms with Crippen LogP contribution < -0.4 is 0 Å². The van der Waals surface area contributed by atoms with Crippen LogP contribution in [0.3, 0.4) is 0 Å². The molecule has 0 unspecified atom stereocenters. The maximum Gasteiger partial charge on any atom is 0.324 e. The van der Waals surface area contributed by atoms with Gasteiger partial charge in [0.25, 0.3) is 11.4 Å². The van der Waals surface area contributed by atoms with Gasteiger partial charge in [0.1, 0.15) is 0 Å². The van der Waals surface area contributed by atoms with Gasteiger partial charge < -0.3 is 9.47 Å². The zero-order chi connectivity index (χ0) is 17.0. The first-order chi connectivity index (χ1) is 10.2. The van der Waals surface area contributed by atoms with Crippen LogP contribution in [0.2, 0.25) is 5.02 Å². The number of benzene rings is 1. The zero-order valence-electron chi connectivity index (χ0n) is 11.3. The Morgan fingerprint density at radius 3 is 1.95 bits per heavy atom. The normalized spacial score (nSPS) is 10.2. The molecule has 0 N–H and O–H groups in total. The summed E-state index contributed by atoms with van der Waals surface area (Å²) in [5.41, 5.74) is -2.05. The van der Waals surface area contributed by atoms with Gasteiger partial charge in [-0.1, -0.05) is 11.6 Å². The van der Waals surface area contributed by atoms with Crippen LogP contribution in [0.15, 0.2) is 12.1 Å². The monoisotopic (exact) mass is 332 g/mol. The second kappa shape index (κ2) is 6.80. The summed E-state index contributed by atoms with van der Waals surface area (Å²) in [5.74, 6) is -4.12. The highest BCUT2D eigenvalue weighted by molar-refractivity contribution is 6.32. The van der Waals surface area contributed by atoms with Gasteiger partial charge >= 0.3 is 11.9 Å². The van der Waals surface area contributed by atoms with E-state index in [0.717, 1.165) is 20.3 Å². The lowest BCUT2D eigenvalue weighted by Gasteiger charge is -2.14. The molecule has 1 aromatic carbocycles. The summed E-state index contributed by atoms with van der Waals surface area (Å²) in [6, 6.07) is 1.39. The van der Waals surface area contributed by atoms with Crippen LogP contribution in [0.25, 0.3) is 0 Å². The minimum Gasteiger partial charge on any atom is -0.468 e. The number of ether oxygens (including phenoxy) is 2. The van der Waals surface area contributed by atoms with Crippen molar-refractivity contribution in [2.75, 3.05) is 14.2 Å². The SMILES string of the molecule is COC(=O)C(C(=O)OC)c1c(Cl)cc([N+](=O)[O-])cc1[N+](=O)[O-]. The van der Waals surface area contributed by atoms with Crippen molar-refractivity contribution in [3.63, 3.8) is 0 Å². The summed E-state index contributed by atoms with van der Waals surface area (Å²) in [5, 5.41) is 21.3. The first-order valence-corrected chi connectivity index (χ1v) is 5.90. The summed E-state index contributed by atoms with van der Waals surface area (Å²) in [6.07, 6.45) is 0. The van der Waals surface area contributed by atoms with E-state index in [0.29, 0.717) is 6.07 Å². The van der Waals surface area contributed by atoms with E-state index in [9.17, 15) is 29.8 Å².